The van der Waals surface area contributed by atoms with Crippen LogP contribution >= 0.6 is 11.6 Å². The Morgan fingerprint density at radius 1 is 1.00 bits per heavy atom. The Hall–Kier alpha value is -3.71. The molecule has 7 nitrogen and oxygen atoms in total. The zero-order chi connectivity index (χ0) is 24.8. The van der Waals surface area contributed by atoms with Crippen molar-refractivity contribution in [3.05, 3.63) is 82.4 Å². The first kappa shape index (κ1) is 22.7. The van der Waals surface area contributed by atoms with E-state index in [0.717, 1.165) is 22.3 Å². The quantitative estimate of drug-likeness (QED) is 0.466. The van der Waals surface area contributed by atoms with E-state index in [2.05, 4.69) is 12.1 Å². The SMILES string of the molecule is O=C(O)C(c1cc(Cl)c2c(c1)OCCO2)N(C(=O)OCC1c2ccccc2-c2ccccc21)C1CC1. The Labute approximate surface area is 213 Å². The van der Waals surface area contributed by atoms with Crippen LogP contribution in [0.15, 0.2) is 60.7 Å². The van der Waals surface area contributed by atoms with Crippen molar-refractivity contribution < 1.29 is 28.9 Å². The van der Waals surface area contributed by atoms with Crippen LogP contribution in [0.25, 0.3) is 11.1 Å². The lowest BCUT2D eigenvalue weighted by Gasteiger charge is -2.30. The van der Waals surface area contributed by atoms with Crippen LogP contribution in [-0.2, 0) is 9.53 Å². The Balaban J connectivity index is 1.28. The van der Waals surface area contributed by atoms with Crippen LogP contribution in [0.2, 0.25) is 5.02 Å². The number of ether oxygens (including phenoxy) is 3. The van der Waals surface area contributed by atoms with E-state index >= 15 is 0 Å². The van der Waals surface area contributed by atoms with E-state index in [1.165, 1.54) is 11.0 Å². The summed E-state index contributed by atoms with van der Waals surface area (Å²) in [7, 11) is 0. The molecule has 1 aliphatic heterocycles. The molecule has 1 saturated carbocycles. The molecule has 0 radical (unpaired) electrons. The number of fused-ring (bicyclic) bond motifs is 4. The van der Waals surface area contributed by atoms with Crippen molar-refractivity contribution >= 4 is 23.7 Å². The van der Waals surface area contributed by atoms with E-state index in [1.54, 1.807) is 6.07 Å². The van der Waals surface area contributed by atoms with Crippen LogP contribution in [0.5, 0.6) is 11.5 Å². The Morgan fingerprint density at radius 2 is 1.64 bits per heavy atom. The highest BCUT2D eigenvalue weighted by Gasteiger charge is 2.43. The summed E-state index contributed by atoms with van der Waals surface area (Å²) in [6.07, 6.45) is 0.774. The molecule has 3 aromatic carbocycles. The molecule has 0 aromatic heterocycles. The maximum Gasteiger partial charge on any atom is 0.411 e. The lowest BCUT2D eigenvalue weighted by Crippen LogP contribution is -2.41. The summed E-state index contributed by atoms with van der Waals surface area (Å²) >= 11 is 6.39. The van der Waals surface area contributed by atoms with Crippen molar-refractivity contribution in [2.24, 2.45) is 0 Å². The van der Waals surface area contributed by atoms with Crippen molar-refractivity contribution in [2.45, 2.75) is 30.8 Å². The minimum Gasteiger partial charge on any atom is -0.486 e. The zero-order valence-electron chi connectivity index (χ0n) is 19.4. The predicted octanol–water partition coefficient (Wildman–Crippen LogP) is 5.65. The molecular formula is C28H24ClNO6. The van der Waals surface area contributed by atoms with Gasteiger partial charge in [0.2, 0.25) is 0 Å². The molecule has 0 saturated heterocycles. The molecule has 8 heteroatoms. The molecule has 1 heterocycles. The first-order valence-corrected chi connectivity index (χ1v) is 12.4. The van der Waals surface area contributed by atoms with Crippen molar-refractivity contribution in [3.8, 4) is 22.6 Å². The fraction of sp³-hybridized carbons (Fsp3) is 0.286. The van der Waals surface area contributed by atoms with E-state index in [-0.39, 0.29) is 23.6 Å². The summed E-state index contributed by atoms with van der Waals surface area (Å²) in [4.78, 5) is 27.3. The van der Waals surface area contributed by atoms with E-state index in [1.807, 2.05) is 36.4 Å². The third-order valence-corrected chi connectivity index (χ3v) is 7.21. The van der Waals surface area contributed by atoms with Gasteiger partial charge >= 0.3 is 12.1 Å². The van der Waals surface area contributed by atoms with E-state index in [9.17, 15) is 14.7 Å². The highest BCUT2D eigenvalue weighted by molar-refractivity contribution is 6.32. The van der Waals surface area contributed by atoms with Crippen molar-refractivity contribution in [1.29, 1.82) is 0 Å². The highest BCUT2D eigenvalue weighted by Crippen LogP contribution is 2.46. The number of carboxylic acids is 1. The van der Waals surface area contributed by atoms with Crippen LogP contribution in [0.3, 0.4) is 0 Å². The van der Waals surface area contributed by atoms with Crippen LogP contribution in [-0.4, -0.2) is 47.9 Å². The summed E-state index contributed by atoms with van der Waals surface area (Å²) in [5.41, 5.74) is 4.79. The van der Waals surface area contributed by atoms with Crippen LogP contribution in [0, 0.1) is 0 Å². The van der Waals surface area contributed by atoms with E-state index < -0.39 is 18.1 Å². The largest absolute Gasteiger partial charge is 0.486 e. The summed E-state index contributed by atoms with van der Waals surface area (Å²) in [6.45, 7) is 0.815. The molecule has 36 heavy (non-hydrogen) atoms. The number of rotatable bonds is 6. The molecule has 1 unspecified atom stereocenters. The number of halogens is 1. The van der Waals surface area contributed by atoms with Crippen molar-refractivity contribution in [1.82, 2.24) is 4.90 Å². The number of benzene rings is 3. The molecule has 0 bridgehead atoms. The van der Waals surface area contributed by atoms with Crippen molar-refractivity contribution in [2.75, 3.05) is 19.8 Å². The molecule has 1 amide bonds. The predicted molar refractivity (Wildman–Crippen MR) is 133 cm³/mol. The number of carbonyl (C=O) groups is 2. The summed E-state index contributed by atoms with van der Waals surface area (Å²) in [5, 5.41) is 10.4. The van der Waals surface area contributed by atoms with Crippen LogP contribution in [0.4, 0.5) is 4.79 Å². The number of nitrogens with zero attached hydrogens (tertiary/aromatic N) is 1. The van der Waals surface area contributed by atoms with Gasteiger partial charge < -0.3 is 19.3 Å². The molecule has 0 spiro atoms. The number of amides is 1. The zero-order valence-corrected chi connectivity index (χ0v) is 20.1. The van der Waals surface area contributed by atoms with E-state index in [4.69, 9.17) is 25.8 Å². The monoisotopic (exact) mass is 505 g/mol. The molecular weight excluding hydrogens is 482 g/mol. The third-order valence-electron chi connectivity index (χ3n) is 6.93. The summed E-state index contributed by atoms with van der Waals surface area (Å²) < 4.78 is 17.0. The van der Waals surface area contributed by atoms with Crippen LogP contribution < -0.4 is 9.47 Å². The smallest absolute Gasteiger partial charge is 0.411 e. The standard InChI is InChI=1S/C28H24ClNO6/c29-23-13-16(14-24-26(23)35-12-11-34-24)25(27(31)32)30(17-9-10-17)28(33)36-15-22-20-7-3-1-5-18(20)19-6-2-4-8-21(19)22/h1-8,13-14,17,22,25H,9-12,15H2,(H,31,32). The maximum absolute atomic E-state index is 13.4. The molecule has 1 N–H and O–H groups in total. The number of carboxylic acid groups (broad SMARTS) is 1. The second-order valence-electron chi connectivity index (χ2n) is 9.21. The lowest BCUT2D eigenvalue weighted by atomic mass is 9.98. The van der Waals surface area contributed by atoms with Gasteiger partial charge in [0.15, 0.2) is 17.5 Å². The molecule has 3 aromatic rings. The van der Waals surface area contributed by atoms with Crippen LogP contribution in [0.1, 0.15) is 41.5 Å². The van der Waals surface area contributed by atoms with Crippen molar-refractivity contribution in [3.63, 3.8) is 0 Å². The highest BCUT2D eigenvalue weighted by atomic mass is 35.5. The second-order valence-corrected chi connectivity index (χ2v) is 9.62. The average Bonchev–Trinajstić information content (AvgIpc) is 3.67. The normalized spacial score (nSPS) is 16.6. The van der Waals surface area contributed by atoms with E-state index in [0.29, 0.717) is 43.1 Å². The summed E-state index contributed by atoms with van der Waals surface area (Å²) in [5.74, 6) is -0.522. The first-order chi connectivity index (χ1) is 17.5. The average molecular weight is 506 g/mol. The minimum absolute atomic E-state index is 0.115. The van der Waals surface area contributed by atoms with Gasteiger partial charge in [-0.2, -0.15) is 0 Å². The molecule has 1 fully saturated rings. The van der Waals surface area contributed by atoms with Gasteiger partial charge in [-0.05, 0) is 52.8 Å². The van der Waals surface area contributed by atoms with Gasteiger partial charge in [-0.1, -0.05) is 60.1 Å². The fourth-order valence-corrected chi connectivity index (χ4v) is 5.47. The number of carbonyl (C=O) groups excluding carboxylic acids is 1. The summed E-state index contributed by atoms with van der Waals surface area (Å²) in [6, 6.07) is 17.8. The number of hydrogen-bond donors (Lipinski definition) is 1. The number of aliphatic carboxylic acids is 1. The van der Waals surface area contributed by atoms with Gasteiger partial charge in [-0.15, -0.1) is 0 Å². The Morgan fingerprint density at radius 3 is 2.28 bits per heavy atom. The maximum atomic E-state index is 13.4. The van der Waals surface area contributed by atoms with Gasteiger partial charge in [0.25, 0.3) is 0 Å². The van der Waals surface area contributed by atoms with Gasteiger partial charge in [0.05, 0.1) is 5.02 Å². The lowest BCUT2D eigenvalue weighted by molar-refractivity contribution is -0.143. The molecule has 1 atom stereocenters. The Bertz CT molecular complexity index is 1310. The Kier molecular flexibility index (Phi) is 5.72. The third kappa shape index (κ3) is 3.93. The molecule has 2 aliphatic carbocycles. The minimum atomic E-state index is -1.26. The van der Waals surface area contributed by atoms with Gasteiger partial charge in [-0.25, -0.2) is 9.59 Å². The fourth-order valence-electron chi connectivity index (χ4n) is 5.20. The molecule has 184 valence electrons. The first-order valence-electron chi connectivity index (χ1n) is 12.0. The van der Waals surface area contributed by atoms with Gasteiger partial charge in [-0.3, -0.25) is 4.90 Å². The second kappa shape index (κ2) is 9.06. The van der Waals surface area contributed by atoms with Gasteiger partial charge in [0, 0.05) is 12.0 Å². The number of hydrogen-bond acceptors (Lipinski definition) is 5. The topological polar surface area (TPSA) is 85.3 Å². The molecule has 3 aliphatic rings. The van der Waals surface area contributed by atoms with Gasteiger partial charge in [0.1, 0.15) is 19.8 Å². The molecule has 6 rings (SSSR count).